The Labute approximate surface area is 249 Å². The molecule has 0 spiro atoms. The van der Waals surface area contributed by atoms with Crippen LogP contribution in [0.25, 0.3) is 18.2 Å². The first-order valence-electron chi connectivity index (χ1n) is 14.2. The van der Waals surface area contributed by atoms with Gasteiger partial charge >= 0.3 is 11.9 Å². The van der Waals surface area contributed by atoms with Gasteiger partial charge in [-0.3, -0.25) is 19.2 Å². The predicted octanol–water partition coefficient (Wildman–Crippen LogP) is 2.37. The molecule has 0 bridgehead atoms. The van der Waals surface area contributed by atoms with E-state index in [0.29, 0.717) is 22.3 Å². The van der Waals surface area contributed by atoms with E-state index in [4.69, 9.17) is 0 Å². The Morgan fingerprint density at radius 1 is 0.860 bits per heavy atom. The summed E-state index contributed by atoms with van der Waals surface area (Å²) in [6.45, 7) is 17.3. The van der Waals surface area contributed by atoms with Crippen molar-refractivity contribution in [3.63, 3.8) is 0 Å². The zero-order chi connectivity index (χ0) is 31.6. The number of carboxylic acid groups (broad SMARTS) is 2. The molecule has 0 saturated carbocycles. The molecular weight excluding hydrogens is 548 g/mol. The largest absolute Gasteiger partial charge is 0.481 e. The van der Waals surface area contributed by atoms with Gasteiger partial charge < -0.3 is 30.8 Å². The van der Waals surface area contributed by atoms with Gasteiger partial charge in [-0.1, -0.05) is 25.7 Å². The molecule has 2 aromatic rings. The van der Waals surface area contributed by atoms with E-state index in [1.165, 1.54) is 0 Å². The third-order valence-corrected chi connectivity index (χ3v) is 8.45. The summed E-state index contributed by atoms with van der Waals surface area (Å²) >= 11 is 0. The summed E-state index contributed by atoms with van der Waals surface area (Å²) in [5, 5.41) is 26.1. The summed E-state index contributed by atoms with van der Waals surface area (Å²) in [5.41, 5.74) is 6.06. The smallest absolute Gasteiger partial charge is 0.303 e. The van der Waals surface area contributed by atoms with Crippen molar-refractivity contribution in [1.29, 1.82) is 0 Å². The second-order valence-corrected chi connectivity index (χ2v) is 11.1. The standard InChI is InChI=1S/C33H38N4O6/c1-7-20-19(6)32(42)37-27(20)14-25-18(5)23(10-12-31(40)41)29(35-25)15-28-22(9-11-30(38)39)17(4)24(34-28)13-26-16(3)21(8-2)33(43)36-26/h7-8,13-15,19-21,26,34-35H,1-3,9-12H2,4-6H3,(H,36,43)(H,37,42)(H,38,39)(H,40,41)/b24-13-,27-14-,28-15-/t19-,20-,21?,26-/m1/s1. The summed E-state index contributed by atoms with van der Waals surface area (Å²) in [4.78, 5) is 54.5. The van der Waals surface area contributed by atoms with Crippen molar-refractivity contribution in [3.05, 3.63) is 87.5 Å². The molecular formula is C33H38N4O6. The van der Waals surface area contributed by atoms with Crippen molar-refractivity contribution in [2.24, 2.45) is 17.8 Å². The fourth-order valence-electron chi connectivity index (χ4n) is 5.83. The molecule has 2 fully saturated rings. The van der Waals surface area contributed by atoms with Crippen LogP contribution in [0.2, 0.25) is 0 Å². The summed E-state index contributed by atoms with van der Waals surface area (Å²) in [6, 6.07) is -0.424. The van der Waals surface area contributed by atoms with Crippen LogP contribution < -0.4 is 21.3 Å². The highest BCUT2D eigenvalue weighted by atomic mass is 16.4. The lowest BCUT2D eigenvalue weighted by Crippen LogP contribution is -2.27. The van der Waals surface area contributed by atoms with Crippen molar-refractivity contribution < 1.29 is 29.4 Å². The van der Waals surface area contributed by atoms with Gasteiger partial charge in [0.25, 0.3) is 0 Å². The van der Waals surface area contributed by atoms with Crippen LogP contribution >= 0.6 is 0 Å². The zero-order valence-electron chi connectivity index (χ0n) is 24.7. The number of aliphatic carboxylic acids is 2. The van der Waals surface area contributed by atoms with Gasteiger partial charge in [-0.2, -0.15) is 0 Å². The first kappa shape index (κ1) is 31.1. The maximum atomic E-state index is 12.3. The number of allylic oxidation sites excluding steroid dienone is 1. The van der Waals surface area contributed by atoms with E-state index in [1.54, 1.807) is 12.2 Å². The molecule has 2 amide bonds. The predicted molar refractivity (Wildman–Crippen MR) is 164 cm³/mol. The number of nitrogens with one attached hydrogen (secondary N) is 4. The second-order valence-electron chi connectivity index (χ2n) is 11.1. The normalized spacial score (nSPS) is 23.6. The molecule has 2 saturated heterocycles. The van der Waals surface area contributed by atoms with Crippen molar-refractivity contribution in [2.75, 3.05) is 0 Å². The lowest BCUT2D eigenvalue weighted by molar-refractivity contribution is -0.138. The van der Waals surface area contributed by atoms with Gasteiger partial charge in [0.15, 0.2) is 0 Å². The lowest BCUT2D eigenvalue weighted by Gasteiger charge is -2.08. The van der Waals surface area contributed by atoms with E-state index in [1.807, 2.05) is 39.0 Å². The van der Waals surface area contributed by atoms with Crippen molar-refractivity contribution in [3.8, 4) is 0 Å². The number of carbonyl (C=O) groups is 4. The summed E-state index contributed by atoms with van der Waals surface area (Å²) in [5.74, 6) is -3.06. The Kier molecular flexibility index (Phi) is 9.08. The molecule has 6 N–H and O–H groups in total. The van der Waals surface area contributed by atoms with Crippen LogP contribution in [0.1, 0.15) is 53.4 Å². The van der Waals surface area contributed by atoms with Crippen LogP contribution in [0.3, 0.4) is 0 Å². The number of carboxylic acids is 2. The highest BCUT2D eigenvalue weighted by molar-refractivity contribution is 5.89. The molecule has 10 heteroatoms. The van der Waals surface area contributed by atoms with Crippen LogP contribution in [-0.4, -0.2) is 50.0 Å². The maximum Gasteiger partial charge on any atom is 0.303 e. The third kappa shape index (κ3) is 6.33. The minimum atomic E-state index is -0.932. The van der Waals surface area contributed by atoms with Gasteiger partial charge in [-0.05, 0) is 72.7 Å². The van der Waals surface area contributed by atoms with Gasteiger partial charge in [0.05, 0.1) is 12.0 Å². The average Bonchev–Trinajstić information content (AvgIpc) is 3.59. The molecule has 2 aliphatic rings. The summed E-state index contributed by atoms with van der Waals surface area (Å²) < 4.78 is 0. The number of hydrogen-bond acceptors (Lipinski definition) is 4. The fourth-order valence-corrected chi connectivity index (χ4v) is 5.83. The Hall–Kier alpha value is -4.86. The van der Waals surface area contributed by atoms with Gasteiger partial charge in [0.2, 0.25) is 11.8 Å². The van der Waals surface area contributed by atoms with E-state index in [2.05, 4.69) is 40.3 Å². The molecule has 2 aromatic heterocycles. The summed E-state index contributed by atoms with van der Waals surface area (Å²) in [6.07, 6.45) is 9.23. The van der Waals surface area contributed by atoms with Crippen molar-refractivity contribution in [1.82, 2.24) is 20.6 Å². The number of amides is 2. The van der Waals surface area contributed by atoms with Gasteiger partial charge in [0.1, 0.15) is 0 Å². The second kappa shape index (κ2) is 12.6. The fraction of sp³-hybridized carbons (Fsp3) is 0.333. The van der Waals surface area contributed by atoms with E-state index in [-0.39, 0.29) is 49.3 Å². The van der Waals surface area contributed by atoms with Crippen LogP contribution in [-0.2, 0) is 32.0 Å². The Morgan fingerprint density at radius 3 is 2.09 bits per heavy atom. The quantitative estimate of drug-likeness (QED) is 0.221. The molecule has 4 rings (SSSR count). The van der Waals surface area contributed by atoms with Gasteiger partial charge in [-0.15, -0.1) is 13.2 Å². The minimum Gasteiger partial charge on any atom is -0.481 e. The molecule has 2 aliphatic heterocycles. The number of hydrogen-bond donors (Lipinski definition) is 6. The van der Waals surface area contributed by atoms with Crippen LogP contribution in [0, 0.1) is 31.6 Å². The molecule has 43 heavy (non-hydrogen) atoms. The van der Waals surface area contributed by atoms with Crippen LogP contribution in [0.5, 0.6) is 0 Å². The molecule has 0 aromatic carbocycles. The first-order chi connectivity index (χ1) is 20.4. The van der Waals surface area contributed by atoms with Crippen molar-refractivity contribution in [2.45, 2.75) is 52.5 Å². The number of rotatable bonds is 11. The maximum absolute atomic E-state index is 12.3. The molecule has 4 atom stereocenters. The number of aromatic nitrogens is 2. The van der Waals surface area contributed by atoms with Crippen LogP contribution in [0.15, 0.2) is 43.2 Å². The number of carbonyl (C=O) groups excluding carboxylic acids is 2. The van der Waals surface area contributed by atoms with E-state index < -0.39 is 23.9 Å². The number of aromatic amines is 2. The Bertz CT molecular complexity index is 1690. The Morgan fingerprint density at radius 2 is 1.51 bits per heavy atom. The van der Waals surface area contributed by atoms with Crippen LogP contribution in [0.4, 0.5) is 0 Å². The first-order valence-corrected chi connectivity index (χ1v) is 14.2. The zero-order valence-corrected chi connectivity index (χ0v) is 24.7. The topological polar surface area (TPSA) is 164 Å². The molecule has 1 unspecified atom stereocenters. The molecule has 10 nitrogen and oxygen atoms in total. The molecule has 226 valence electrons. The summed E-state index contributed by atoms with van der Waals surface area (Å²) in [7, 11) is 0. The highest BCUT2D eigenvalue weighted by Gasteiger charge is 2.34. The minimum absolute atomic E-state index is 0.0821. The average molecular weight is 587 g/mol. The highest BCUT2D eigenvalue weighted by Crippen LogP contribution is 2.31. The van der Waals surface area contributed by atoms with Gasteiger partial charge in [-0.25, -0.2) is 0 Å². The third-order valence-electron chi connectivity index (χ3n) is 8.45. The van der Waals surface area contributed by atoms with Gasteiger partial charge in [0, 0.05) is 52.5 Å². The SMILES string of the molecule is C=CC1C(=C)[C@@H](/C=c2\[nH]/c(=C\c3[nH]c(/C=C4\NC(=O)[C@H](C)[C@H]4C=C)c(C)c3CCC(=O)O)c(CCC(=O)O)c2C)NC1=O. The lowest BCUT2D eigenvalue weighted by atomic mass is 9.94. The molecule has 0 radical (unpaired) electrons. The van der Waals surface area contributed by atoms with E-state index in [9.17, 15) is 29.4 Å². The van der Waals surface area contributed by atoms with E-state index >= 15 is 0 Å². The monoisotopic (exact) mass is 586 g/mol. The molecule has 0 aliphatic carbocycles. The van der Waals surface area contributed by atoms with Crippen molar-refractivity contribution >= 4 is 42.0 Å². The molecule has 4 heterocycles. The number of H-pyrrole nitrogens is 2. The Balaban J connectivity index is 1.87. The van der Waals surface area contributed by atoms with E-state index in [0.717, 1.165) is 33.3 Å².